The molecule has 1 atom stereocenters. The Morgan fingerprint density at radius 2 is 1.70 bits per heavy atom. The van der Waals surface area contributed by atoms with Crippen molar-refractivity contribution in [3.05, 3.63) is 77.0 Å². The zero-order valence-corrected chi connectivity index (χ0v) is 14.5. The molecule has 0 aromatic heterocycles. The first-order valence-electron chi connectivity index (χ1n) is 6.91. The molecule has 2 aromatic carbocycles. The van der Waals surface area contributed by atoms with Crippen LogP contribution < -0.4 is 4.72 Å². The summed E-state index contributed by atoms with van der Waals surface area (Å²) in [7, 11) is -2.26. The summed E-state index contributed by atoms with van der Waals surface area (Å²) in [6.45, 7) is 5.68. The molecule has 0 spiro atoms. The predicted molar refractivity (Wildman–Crippen MR) is 91.8 cm³/mol. The summed E-state index contributed by atoms with van der Waals surface area (Å²) >= 11 is 5.88. The molecule has 0 fully saturated rings. The molecule has 23 heavy (non-hydrogen) atoms. The third-order valence-electron chi connectivity index (χ3n) is 3.39. The van der Waals surface area contributed by atoms with E-state index >= 15 is 0 Å². The number of methoxy groups -OCH3 is 1. The Morgan fingerprint density at radius 3 is 2.22 bits per heavy atom. The van der Waals surface area contributed by atoms with Crippen molar-refractivity contribution < 1.29 is 13.2 Å². The van der Waals surface area contributed by atoms with Gasteiger partial charge >= 0.3 is 0 Å². The number of nitrogens with one attached hydrogen (secondary N) is 1. The molecule has 0 aliphatic rings. The van der Waals surface area contributed by atoms with Crippen molar-refractivity contribution in [3.8, 4) is 0 Å². The van der Waals surface area contributed by atoms with Crippen LogP contribution in [0.15, 0.2) is 65.8 Å². The highest BCUT2D eigenvalue weighted by Gasteiger charge is 2.24. The molecular formula is C17H18ClNO3S. The Balaban J connectivity index is 2.35. The largest absolute Gasteiger partial charge is 0.500 e. The highest BCUT2D eigenvalue weighted by molar-refractivity contribution is 7.89. The summed E-state index contributed by atoms with van der Waals surface area (Å²) in [5, 5.41) is 0.567. The van der Waals surface area contributed by atoms with Gasteiger partial charge in [-0.15, -0.1) is 0 Å². The molecule has 2 aromatic rings. The molecule has 0 radical (unpaired) electrons. The number of rotatable bonds is 6. The first-order valence-corrected chi connectivity index (χ1v) is 8.77. The quantitative estimate of drug-likeness (QED) is 0.805. The average molecular weight is 352 g/mol. The Hall–Kier alpha value is -1.82. The molecule has 0 heterocycles. The van der Waals surface area contributed by atoms with Crippen LogP contribution in [0, 0.1) is 6.92 Å². The first-order chi connectivity index (χ1) is 10.8. The molecule has 0 amide bonds. The van der Waals surface area contributed by atoms with Gasteiger partial charge in [-0.3, -0.25) is 0 Å². The molecule has 2 rings (SSSR count). The summed E-state index contributed by atoms with van der Waals surface area (Å²) in [6, 6.07) is 12.7. The lowest BCUT2D eigenvalue weighted by Crippen LogP contribution is -2.30. The van der Waals surface area contributed by atoms with Crippen molar-refractivity contribution in [1.82, 2.24) is 4.72 Å². The molecule has 0 bridgehead atoms. The van der Waals surface area contributed by atoms with Gasteiger partial charge in [0.15, 0.2) is 0 Å². The maximum Gasteiger partial charge on any atom is 0.241 e. The van der Waals surface area contributed by atoms with E-state index in [9.17, 15) is 8.42 Å². The normalized spacial score (nSPS) is 12.7. The number of ether oxygens (including phenoxy) is 1. The fourth-order valence-corrected chi connectivity index (χ4v) is 3.37. The lowest BCUT2D eigenvalue weighted by molar-refractivity contribution is 0.262. The minimum atomic E-state index is -3.71. The molecule has 0 aliphatic carbocycles. The van der Waals surface area contributed by atoms with Crippen LogP contribution in [-0.4, -0.2) is 15.5 Å². The highest BCUT2D eigenvalue weighted by Crippen LogP contribution is 2.25. The van der Waals surface area contributed by atoms with E-state index in [0.717, 1.165) is 5.56 Å². The van der Waals surface area contributed by atoms with Gasteiger partial charge in [0.25, 0.3) is 0 Å². The van der Waals surface area contributed by atoms with E-state index in [2.05, 4.69) is 11.3 Å². The zero-order chi connectivity index (χ0) is 17.0. The van der Waals surface area contributed by atoms with Crippen LogP contribution in [0.1, 0.15) is 17.2 Å². The fourth-order valence-electron chi connectivity index (χ4n) is 2.03. The SMILES string of the molecule is C=C(OC)C(NS(=O)(=O)c1ccc(C)cc1)c1ccc(Cl)cc1. The van der Waals surface area contributed by atoms with Crippen molar-refractivity contribution in [2.24, 2.45) is 0 Å². The number of benzene rings is 2. The van der Waals surface area contributed by atoms with Gasteiger partial charge in [0.2, 0.25) is 10.0 Å². The van der Waals surface area contributed by atoms with Crippen LogP contribution in [0.5, 0.6) is 0 Å². The third kappa shape index (κ3) is 4.34. The Kier molecular flexibility index (Phi) is 5.46. The zero-order valence-electron chi connectivity index (χ0n) is 12.9. The maximum atomic E-state index is 12.6. The summed E-state index contributed by atoms with van der Waals surface area (Å²) in [5.41, 5.74) is 1.68. The van der Waals surface area contributed by atoms with Crippen molar-refractivity contribution in [2.75, 3.05) is 7.11 Å². The predicted octanol–water partition coefficient (Wildman–Crippen LogP) is 3.83. The van der Waals surface area contributed by atoms with Crippen LogP contribution in [-0.2, 0) is 14.8 Å². The molecular weight excluding hydrogens is 334 g/mol. The lowest BCUT2D eigenvalue weighted by atomic mass is 10.1. The monoisotopic (exact) mass is 351 g/mol. The van der Waals surface area contributed by atoms with Gasteiger partial charge in [-0.1, -0.05) is 48.0 Å². The van der Waals surface area contributed by atoms with Crippen molar-refractivity contribution in [1.29, 1.82) is 0 Å². The second-order valence-electron chi connectivity index (χ2n) is 5.09. The standard InChI is InChI=1S/C17H18ClNO3S/c1-12-4-10-16(11-5-12)23(20,21)19-17(13(2)22-3)14-6-8-15(18)9-7-14/h4-11,17,19H,2H2,1,3H3. The minimum absolute atomic E-state index is 0.186. The van der Waals surface area contributed by atoms with Crippen molar-refractivity contribution in [2.45, 2.75) is 17.9 Å². The highest BCUT2D eigenvalue weighted by atomic mass is 35.5. The van der Waals surface area contributed by atoms with Crippen LogP contribution in [0.2, 0.25) is 5.02 Å². The Morgan fingerprint density at radius 1 is 1.13 bits per heavy atom. The second-order valence-corrected chi connectivity index (χ2v) is 7.24. The molecule has 0 saturated carbocycles. The van der Waals surface area contributed by atoms with Crippen LogP contribution in [0.4, 0.5) is 0 Å². The molecule has 122 valence electrons. The molecule has 0 aliphatic heterocycles. The average Bonchev–Trinajstić information content (AvgIpc) is 2.53. The molecule has 6 heteroatoms. The first kappa shape index (κ1) is 17.5. The number of aryl methyl sites for hydroxylation is 1. The van der Waals surface area contributed by atoms with Crippen LogP contribution in [0.25, 0.3) is 0 Å². The second kappa shape index (κ2) is 7.17. The number of halogens is 1. The van der Waals surface area contributed by atoms with Gasteiger partial charge < -0.3 is 4.74 Å². The Bertz CT molecular complexity index is 784. The summed E-state index contributed by atoms with van der Waals surface area (Å²) in [6.07, 6.45) is 0. The van der Waals surface area contributed by atoms with Gasteiger partial charge in [0.1, 0.15) is 11.8 Å². The maximum absolute atomic E-state index is 12.6. The lowest BCUT2D eigenvalue weighted by Gasteiger charge is -2.20. The van der Waals surface area contributed by atoms with E-state index in [-0.39, 0.29) is 4.90 Å². The van der Waals surface area contributed by atoms with Gasteiger partial charge in [0, 0.05) is 5.02 Å². The number of sulfonamides is 1. The van der Waals surface area contributed by atoms with Gasteiger partial charge in [0.05, 0.1) is 12.0 Å². The third-order valence-corrected chi connectivity index (χ3v) is 5.08. The summed E-state index contributed by atoms with van der Waals surface area (Å²) in [4.78, 5) is 0.186. The summed E-state index contributed by atoms with van der Waals surface area (Å²) < 4.78 is 32.9. The topological polar surface area (TPSA) is 55.4 Å². The van der Waals surface area contributed by atoms with Crippen molar-refractivity contribution >= 4 is 21.6 Å². The van der Waals surface area contributed by atoms with E-state index in [4.69, 9.17) is 16.3 Å². The molecule has 0 saturated heterocycles. The minimum Gasteiger partial charge on any atom is -0.500 e. The Labute approximate surface area is 141 Å². The van der Waals surface area contributed by atoms with E-state index in [1.165, 1.54) is 7.11 Å². The fraction of sp³-hybridized carbons (Fsp3) is 0.176. The smallest absolute Gasteiger partial charge is 0.241 e. The van der Waals surface area contributed by atoms with Gasteiger partial charge in [-0.25, -0.2) is 8.42 Å². The van der Waals surface area contributed by atoms with E-state index in [0.29, 0.717) is 16.3 Å². The van der Waals surface area contributed by atoms with E-state index in [1.54, 1.807) is 48.5 Å². The van der Waals surface area contributed by atoms with Gasteiger partial charge in [-0.05, 0) is 36.8 Å². The van der Waals surface area contributed by atoms with E-state index in [1.807, 2.05) is 6.92 Å². The molecule has 1 N–H and O–H groups in total. The van der Waals surface area contributed by atoms with Crippen LogP contribution >= 0.6 is 11.6 Å². The van der Waals surface area contributed by atoms with Crippen LogP contribution in [0.3, 0.4) is 0 Å². The molecule has 1 unspecified atom stereocenters. The van der Waals surface area contributed by atoms with Gasteiger partial charge in [-0.2, -0.15) is 4.72 Å². The summed E-state index contributed by atoms with van der Waals surface area (Å²) in [5.74, 6) is 0.294. The molecule has 4 nitrogen and oxygen atoms in total. The van der Waals surface area contributed by atoms with Crippen molar-refractivity contribution in [3.63, 3.8) is 0 Å². The number of hydrogen-bond acceptors (Lipinski definition) is 3. The number of hydrogen-bond donors (Lipinski definition) is 1. The van der Waals surface area contributed by atoms with E-state index < -0.39 is 16.1 Å².